The number of H-pyrrole nitrogens is 1. The monoisotopic (exact) mass is 189 g/mol. The van der Waals surface area contributed by atoms with Crippen molar-refractivity contribution in [1.82, 2.24) is 19.9 Å². The van der Waals surface area contributed by atoms with E-state index < -0.39 is 0 Å². The Kier molecular flexibility index (Phi) is 2.14. The van der Waals surface area contributed by atoms with Crippen LogP contribution >= 0.6 is 0 Å². The molecule has 0 aliphatic rings. The first-order valence-electron chi connectivity index (χ1n) is 4.29. The van der Waals surface area contributed by atoms with Gasteiger partial charge in [0.1, 0.15) is 11.8 Å². The summed E-state index contributed by atoms with van der Waals surface area (Å²) in [6.45, 7) is 4.42. The van der Waals surface area contributed by atoms with Crippen molar-refractivity contribution in [2.45, 2.75) is 0 Å². The number of rotatable bonds is 3. The van der Waals surface area contributed by atoms with Crippen LogP contribution in [-0.2, 0) is 0 Å². The first kappa shape index (κ1) is 8.68. The van der Waals surface area contributed by atoms with Crippen LogP contribution in [0.2, 0.25) is 0 Å². The largest absolute Gasteiger partial charge is 0.354 e. The van der Waals surface area contributed by atoms with Crippen LogP contribution in [0.25, 0.3) is 11.2 Å². The molecule has 0 atom stereocenters. The molecule has 2 aromatic heterocycles. The van der Waals surface area contributed by atoms with Gasteiger partial charge in [0.05, 0.1) is 6.33 Å². The summed E-state index contributed by atoms with van der Waals surface area (Å²) in [4.78, 5) is 17.3. The average molecular weight is 189 g/mol. The predicted octanol–water partition coefficient (Wildman–Crippen LogP) is 0.975. The first-order valence-corrected chi connectivity index (χ1v) is 4.29. The Bertz CT molecular complexity index is 447. The summed E-state index contributed by atoms with van der Waals surface area (Å²) in [5.74, 6) is 0.840. The lowest BCUT2D eigenvalue weighted by molar-refractivity contribution is 0.987. The number of fused-ring (bicyclic) bond motifs is 1. The van der Waals surface area contributed by atoms with E-state index in [1.165, 1.54) is 6.33 Å². The lowest BCUT2D eigenvalue weighted by atomic mass is 10.4. The van der Waals surface area contributed by atoms with Crippen molar-refractivity contribution < 1.29 is 0 Å². The zero-order valence-corrected chi connectivity index (χ0v) is 7.94. The van der Waals surface area contributed by atoms with Crippen LogP contribution in [0, 0.1) is 0 Å². The summed E-state index contributed by atoms with van der Waals surface area (Å²) in [5, 5.41) is 0. The van der Waals surface area contributed by atoms with Crippen molar-refractivity contribution >= 4 is 17.0 Å². The second-order valence-electron chi connectivity index (χ2n) is 2.97. The third-order valence-corrected chi connectivity index (χ3v) is 1.97. The zero-order chi connectivity index (χ0) is 9.97. The van der Waals surface area contributed by atoms with Gasteiger partial charge in [0.2, 0.25) is 0 Å². The van der Waals surface area contributed by atoms with Gasteiger partial charge in [0.25, 0.3) is 0 Å². The average Bonchev–Trinajstić information content (AvgIpc) is 2.65. The lowest BCUT2D eigenvalue weighted by Gasteiger charge is -2.15. The molecule has 0 bridgehead atoms. The fourth-order valence-electron chi connectivity index (χ4n) is 1.32. The standard InChI is InChI=1S/C9H11N5/c1-3-4-14(2)9-7-8(11-5-10-7)12-6-13-9/h3,5-6H,1,4H2,2H3,(H,10,11,12,13). The van der Waals surface area contributed by atoms with Gasteiger partial charge in [-0.05, 0) is 0 Å². The molecule has 0 saturated carbocycles. The number of anilines is 1. The third kappa shape index (κ3) is 1.32. The second-order valence-corrected chi connectivity index (χ2v) is 2.97. The Morgan fingerprint density at radius 3 is 3.14 bits per heavy atom. The SMILES string of the molecule is C=CCN(C)c1ncnc2nc[nH]c12. The number of aromatic nitrogens is 4. The number of hydrogen-bond donors (Lipinski definition) is 1. The molecule has 5 nitrogen and oxygen atoms in total. The van der Waals surface area contributed by atoms with E-state index in [0.717, 1.165) is 17.9 Å². The molecule has 0 unspecified atom stereocenters. The zero-order valence-electron chi connectivity index (χ0n) is 7.94. The Morgan fingerprint density at radius 1 is 1.50 bits per heavy atom. The summed E-state index contributed by atoms with van der Waals surface area (Å²) in [6, 6.07) is 0. The summed E-state index contributed by atoms with van der Waals surface area (Å²) in [7, 11) is 1.95. The fourth-order valence-corrected chi connectivity index (χ4v) is 1.32. The maximum Gasteiger partial charge on any atom is 0.182 e. The Balaban J connectivity index is 2.50. The normalized spacial score (nSPS) is 10.4. The predicted molar refractivity (Wildman–Crippen MR) is 55.2 cm³/mol. The van der Waals surface area contributed by atoms with E-state index in [1.54, 1.807) is 6.33 Å². The quantitative estimate of drug-likeness (QED) is 0.731. The lowest BCUT2D eigenvalue weighted by Crippen LogP contribution is -2.18. The van der Waals surface area contributed by atoms with Gasteiger partial charge in [0.15, 0.2) is 11.5 Å². The number of imidazole rings is 1. The number of hydrogen-bond acceptors (Lipinski definition) is 4. The minimum Gasteiger partial charge on any atom is -0.354 e. The van der Waals surface area contributed by atoms with E-state index in [-0.39, 0.29) is 0 Å². The van der Waals surface area contributed by atoms with Crippen molar-refractivity contribution in [1.29, 1.82) is 0 Å². The van der Waals surface area contributed by atoms with E-state index in [0.29, 0.717) is 5.65 Å². The smallest absolute Gasteiger partial charge is 0.182 e. The molecule has 1 N–H and O–H groups in total. The molecule has 0 amide bonds. The molecule has 0 radical (unpaired) electrons. The Morgan fingerprint density at radius 2 is 2.36 bits per heavy atom. The molecule has 2 aromatic rings. The van der Waals surface area contributed by atoms with E-state index >= 15 is 0 Å². The maximum atomic E-state index is 4.19. The van der Waals surface area contributed by atoms with Gasteiger partial charge < -0.3 is 9.88 Å². The van der Waals surface area contributed by atoms with Gasteiger partial charge in [-0.1, -0.05) is 6.08 Å². The van der Waals surface area contributed by atoms with Crippen LogP contribution in [0.15, 0.2) is 25.3 Å². The summed E-state index contributed by atoms with van der Waals surface area (Å²) >= 11 is 0. The highest BCUT2D eigenvalue weighted by atomic mass is 15.2. The summed E-state index contributed by atoms with van der Waals surface area (Å²) in [6.07, 6.45) is 4.95. The van der Waals surface area contributed by atoms with Crippen LogP contribution in [0.3, 0.4) is 0 Å². The topological polar surface area (TPSA) is 57.7 Å². The number of nitrogens with zero attached hydrogens (tertiary/aromatic N) is 4. The molecule has 0 saturated heterocycles. The molecule has 0 aliphatic carbocycles. The van der Waals surface area contributed by atoms with Crippen LogP contribution in [0.4, 0.5) is 5.82 Å². The summed E-state index contributed by atoms with van der Waals surface area (Å²) in [5.41, 5.74) is 1.54. The number of aromatic amines is 1. The minimum absolute atomic E-state index is 0.686. The van der Waals surface area contributed by atoms with Gasteiger partial charge in [-0.25, -0.2) is 15.0 Å². The highest BCUT2D eigenvalue weighted by Gasteiger charge is 2.08. The van der Waals surface area contributed by atoms with Gasteiger partial charge in [-0.3, -0.25) is 0 Å². The molecule has 5 heteroatoms. The fraction of sp³-hybridized carbons (Fsp3) is 0.222. The van der Waals surface area contributed by atoms with Crippen LogP contribution in [-0.4, -0.2) is 33.5 Å². The first-order chi connectivity index (χ1) is 6.83. The molecule has 0 spiro atoms. The molecule has 2 rings (SSSR count). The van der Waals surface area contributed by atoms with Crippen molar-refractivity contribution in [3.63, 3.8) is 0 Å². The van der Waals surface area contributed by atoms with Crippen molar-refractivity contribution in [2.75, 3.05) is 18.5 Å². The van der Waals surface area contributed by atoms with E-state index in [4.69, 9.17) is 0 Å². The number of nitrogens with one attached hydrogen (secondary N) is 1. The van der Waals surface area contributed by atoms with E-state index in [1.807, 2.05) is 18.0 Å². The molecule has 0 fully saturated rings. The Hall–Kier alpha value is -1.91. The molecule has 0 aliphatic heterocycles. The highest BCUT2D eigenvalue weighted by molar-refractivity contribution is 5.82. The number of likely N-dealkylation sites (N-methyl/N-ethyl adjacent to an activating group) is 1. The molecule has 2 heterocycles. The van der Waals surface area contributed by atoms with Crippen molar-refractivity contribution in [3.05, 3.63) is 25.3 Å². The van der Waals surface area contributed by atoms with E-state index in [2.05, 4.69) is 26.5 Å². The van der Waals surface area contributed by atoms with Crippen LogP contribution in [0.1, 0.15) is 0 Å². The van der Waals surface area contributed by atoms with Gasteiger partial charge in [-0.2, -0.15) is 0 Å². The second kappa shape index (κ2) is 3.45. The Labute approximate surface area is 81.5 Å². The van der Waals surface area contributed by atoms with E-state index in [9.17, 15) is 0 Å². The van der Waals surface area contributed by atoms with Gasteiger partial charge >= 0.3 is 0 Å². The molecule has 72 valence electrons. The third-order valence-electron chi connectivity index (χ3n) is 1.97. The molecule has 0 aromatic carbocycles. The minimum atomic E-state index is 0.686. The van der Waals surface area contributed by atoms with Gasteiger partial charge in [-0.15, -0.1) is 6.58 Å². The van der Waals surface area contributed by atoms with Gasteiger partial charge in [0, 0.05) is 13.6 Å². The highest BCUT2D eigenvalue weighted by Crippen LogP contribution is 2.17. The molecule has 14 heavy (non-hydrogen) atoms. The molecular weight excluding hydrogens is 178 g/mol. The maximum absolute atomic E-state index is 4.19. The van der Waals surface area contributed by atoms with Crippen molar-refractivity contribution in [2.24, 2.45) is 0 Å². The summed E-state index contributed by atoms with van der Waals surface area (Å²) < 4.78 is 0. The molecular formula is C9H11N5. The van der Waals surface area contributed by atoms with Crippen LogP contribution < -0.4 is 4.90 Å². The van der Waals surface area contributed by atoms with Crippen LogP contribution in [0.5, 0.6) is 0 Å². The van der Waals surface area contributed by atoms with Crippen molar-refractivity contribution in [3.8, 4) is 0 Å².